The first-order chi connectivity index (χ1) is 35.0. The number of esters is 3. The van der Waals surface area contributed by atoms with E-state index in [0.29, 0.717) is 19.3 Å². The number of hydrogen-bond donors (Lipinski definition) is 0. The van der Waals surface area contributed by atoms with Gasteiger partial charge in [-0.1, -0.05) is 234 Å². The molecule has 406 valence electrons. The Morgan fingerprint density at radius 2 is 0.521 bits per heavy atom. The average molecular weight is 988 g/mol. The Bertz CT molecular complexity index is 1410. The van der Waals surface area contributed by atoms with E-state index in [0.717, 1.165) is 77.0 Å². The molecule has 0 aromatic heterocycles. The first-order valence-corrected chi connectivity index (χ1v) is 29.7. The largest absolute Gasteiger partial charge is 0.462 e. The Kier molecular flexibility index (Phi) is 55.9. The first kappa shape index (κ1) is 67.3. The Morgan fingerprint density at radius 3 is 0.915 bits per heavy atom. The van der Waals surface area contributed by atoms with Gasteiger partial charge in [-0.3, -0.25) is 14.4 Å². The third kappa shape index (κ3) is 57.1. The second kappa shape index (κ2) is 58.9. The highest BCUT2D eigenvalue weighted by Crippen LogP contribution is 2.15. The van der Waals surface area contributed by atoms with Crippen LogP contribution < -0.4 is 0 Å². The molecule has 0 fully saturated rings. The van der Waals surface area contributed by atoms with Crippen molar-refractivity contribution in [1.82, 2.24) is 0 Å². The highest BCUT2D eigenvalue weighted by molar-refractivity contribution is 5.71. The minimum absolute atomic E-state index is 0.114. The van der Waals surface area contributed by atoms with Gasteiger partial charge in [-0.05, 0) is 122 Å². The zero-order valence-corrected chi connectivity index (χ0v) is 46.5. The van der Waals surface area contributed by atoms with Gasteiger partial charge in [0.1, 0.15) is 13.2 Å². The maximum Gasteiger partial charge on any atom is 0.306 e. The zero-order chi connectivity index (χ0) is 51.4. The van der Waals surface area contributed by atoms with E-state index in [9.17, 15) is 14.4 Å². The summed E-state index contributed by atoms with van der Waals surface area (Å²) in [4.78, 5) is 38.2. The molecule has 0 rings (SSSR count). The fourth-order valence-electron chi connectivity index (χ4n) is 8.02. The van der Waals surface area contributed by atoms with Crippen LogP contribution in [0.3, 0.4) is 0 Å². The van der Waals surface area contributed by atoms with Crippen molar-refractivity contribution in [2.75, 3.05) is 13.2 Å². The number of rotatable bonds is 53. The predicted molar refractivity (Wildman–Crippen MR) is 307 cm³/mol. The number of ether oxygens (including phenoxy) is 3. The van der Waals surface area contributed by atoms with E-state index in [1.165, 1.54) is 154 Å². The quantitative estimate of drug-likeness (QED) is 0.0261. The van der Waals surface area contributed by atoms with Gasteiger partial charge < -0.3 is 14.2 Å². The second-order valence-corrected chi connectivity index (χ2v) is 19.5. The van der Waals surface area contributed by atoms with Crippen molar-refractivity contribution in [3.8, 4) is 0 Å². The molecule has 0 aliphatic heterocycles. The number of carbonyl (C=O) groups is 3. The highest BCUT2D eigenvalue weighted by Gasteiger charge is 2.19. The third-order valence-electron chi connectivity index (χ3n) is 12.5. The summed E-state index contributed by atoms with van der Waals surface area (Å²) in [6.07, 6.45) is 78.4. The van der Waals surface area contributed by atoms with Crippen LogP contribution in [0.1, 0.15) is 278 Å². The van der Waals surface area contributed by atoms with Crippen molar-refractivity contribution in [2.45, 2.75) is 284 Å². The van der Waals surface area contributed by atoms with Crippen LogP contribution in [0.15, 0.2) is 97.2 Å². The molecule has 0 saturated carbocycles. The van der Waals surface area contributed by atoms with Gasteiger partial charge in [-0.25, -0.2) is 0 Å². The van der Waals surface area contributed by atoms with Gasteiger partial charge in [0.05, 0.1) is 0 Å². The summed E-state index contributed by atoms with van der Waals surface area (Å²) in [7, 11) is 0. The summed E-state index contributed by atoms with van der Waals surface area (Å²) in [6.45, 7) is 6.51. The average Bonchev–Trinajstić information content (AvgIpc) is 3.37. The Hall–Kier alpha value is -3.67. The van der Waals surface area contributed by atoms with Crippen molar-refractivity contribution in [2.24, 2.45) is 0 Å². The molecule has 0 heterocycles. The van der Waals surface area contributed by atoms with Crippen LogP contribution >= 0.6 is 0 Å². The first-order valence-electron chi connectivity index (χ1n) is 29.7. The SMILES string of the molecule is CCCCC/C=C\C/C=C\C/C=C\C/C=C\CCCC(=O)OC[C@H](COC(=O)CCCC/C=C\C/C=C\C/C=C\CCCCC)OC(=O)CCCCCCCCCCCCC/C=C\CCCCCCCC. The zero-order valence-electron chi connectivity index (χ0n) is 46.5. The van der Waals surface area contributed by atoms with Crippen LogP contribution in [0.5, 0.6) is 0 Å². The molecule has 0 radical (unpaired) electrons. The van der Waals surface area contributed by atoms with Gasteiger partial charge in [0.2, 0.25) is 0 Å². The molecule has 1 atom stereocenters. The topological polar surface area (TPSA) is 78.9 Å². The minimum Gasteiger partial charge on any atom is -0.462 e. The van der Waals surface area contributed by atoms with Crippen molar-refractivity contribution >= 4 is 17.9 Å². The molecule has 0 aromatic rings. The molecule has 0 aliphatic rings. The summed E-state index contributed by atoms with van der Waals surface area (Å²) in [5.74, 6) is -1.00. The van der Waals surface area contributed by atoms with Crippen LogP contribution in [0.25, 0.3) is 0 Å². The fraction of sp³-hybridized carbons (Fsp3) is 0.708. The number of allylic oxidation sites excluding steroid dienone is 16. The lowest BCUT2D eigenvalue weighted by molar-refractivity contribution is -0.167. The number of unbranched alkanes of at least 4 members (excludes halogenated alkanes) is 26. The van der Waals surface area contributed by atoms with E-state index >= 15 is 0 Å². The van der Waals surface area contributed by atoms with E-state index in [1.54, 1.807) is 0 Å². The third-order valence-corrected chi connectivity index (χ3v) is 12.5. The van der Waals surface area contributed by atoms with Crippen molar-refractivity contribution in [3.05, 3.63) is 97.2 Å². The van der Waals surface area contributed by atoms with Crippen LogP contribution in [-0.2, 0) is 28.6 Å². The summed E-state index contributed by atoms with van der Waals surface area (Å²) in [6, 6.07) is 0. The summed E-state index contributed by atoms with van der Waals surface area (Å²) in [5.41, 5.74) is 0. The number of hydrogen-bond acceptors (Lipinski definition) is 6. The van der Waals surface area contributed by atoms with Gasteiger partial charge in [0.15, 0.2) is 6.10 Å². The van der Waals surface area contributed by atoms with Gasteiger partial charge in [0, 0.05) is 19.3 Å². The van der Waals surface area contributed by atoms with Gasteiger partial charge >= 0.3 is 17.9 Å². The van der Waals surface area contributed by atoms with Crippen LogP contribution in [-0.4, -0.2) is 37.2 Å². The van der Waals surface area contributed by atoms with E-state index < -0.39 is 6.10 Å². The molecule has 6 nitrogen and oxygen atoms in total. The van der Waals surface area contributed by atoms with Crippen molar-refractivity contribution < 1.29 is 28.6 Å². The van der Waals surface area contributed by atoms with E-state index in [1.807, 2.05) is 0 Å². The van der Waals surface area contributed by atoms with Crippen LogP contribution in [0.2, 0.25) is 0 Å². The fourth-order valence-corrected chi connectivity index (χ4v) is 8.02. The van der Waals surface area contributed by atoms with Gasteiger partial charge in [-0.2, -0.15) is 0 Å². The molecular formula is C65H110O6. The molecular weight excluding hydrogens is 877 g/mol. The lowest BCUT2D eigenvalue weighted by Gasteiger charge is -2.18. The van der Waals surface area contributed by atoms with Gasteiger partial charge in [-0.15, -0.1) is 0 Å². The van der Waals surface area contributed by atoms with E-state index in [-0.39, 0.29) is 37.5 Å². The maximum absolute atomic E-state index is 12.9. The Labute approximate surface area is 438 Å². The molecule has 0 spiro atoms. The second-order valence-electron chi connectivity index (χ2n) is 19.5. The lowest BCUT2D eigenvalue weighted by atomic mass is 10.0. The van der Waals surface area contributed by atoms with Crippen LogP contribution in [0.4, 0.5) is 0 Å². The molecule has 0 bridgehead atoms. The molecule has 0 amide bonds. The van der Waals surface area contributed by atoms with E-state index in [4.69, 9.17) is 14.2 Å². The van der Waals surface area contributed by atoms with E-state index in [2.05, 4.69) is 118 Å². The lowest BCUT2D eigenvalue weighted by Crippen LogP contribution is -2.30. The van der Waals surface area contributed by atoms with Crippen LogP contribution in [0, 0.1) is 0 Å². The standard InChI is InChI=1S/C65H110O6/c1-4-7-10-13-16-19-22-25-28-30-31-32-33-35-38-41-44-47-50-53-56-59-65(68)71-62(60-69-63(66)57-54-51-48-45-42-39-36-27-24-21-18-15-12-9-6-3)61-70-64(67)58-55-52-49-46-43-40-37-34-29-26-23-20-17-14-11-8-5-2/h17-18,20-21,25-29,36-37,40,42,45-46,49,62H,4-16,19,22-24,30-35,38-39,41,43-44,47-48,50-61H2,1-3H3/b20-17-,21-18-,28-25-,29-26-,36-27-,40-37-,45-42-,49-46-/t62-/m0/s1. The highest BCUT2D eigenvalue weighted by atomic mass is 16.6. The molecule has 0 saturated heterocycles. The number of carbonyl (C=O) groups excluding carboxylic acids is 3. The molecule has 0 aromatic carbocycles. The Balaban J connectivity index is 4.49. The molecule has 0 unspecified atom stereocenters. The summed E-state index contributed by atoms with van der Waals surface area (Å²) in [5, 5.41) is 0. The normalized spacial score (nSPS) is 12.8. The smallest absolute Gasteiger partial charge is 0.306 e. The molecule has 0 N–H and O–H groups in total. The predicted octanol–water partition coefficient (Wildman–Crippen LogP) is 20.1. The summed E-state index contributed by atoms with van der Waals surface area (Å²) >= 11 is 0. The summed E-state index contributed by atoms with van der Waals surface area (Å²) < 4.78 is 16.8. The van der Waals surface area contributed by atoms with Crippen molar-refractivity contribution in [1.29, 1.82) is 0 Å². The molecule has 71 heavy (non-hydrogen) atoms. The monoisotopic (exact) mass is 987 g/mol. The van der Waals surface area contributed by atoms with Gasteiger partial charge in [0.25, 0.3) is 0 Å². The Morgan fingerprint density at radius 1 is 0.282 bits per heavy atom. The molecule has 6 heteroatoms. The molecule has 0 aliphatic carbocycles. The maximum atomic E-state index is 12.9. The minimum atomic E-state index is -0.817. The van der Waals surface area contributed by atoms with Crippen molar-refractivity contribution in [3.63, 3.8) is 0 Å².